The molecule has 0 saturated carbocycles. The van der Waals surface area contributed by atoms with Gasteiger partial charge in [0.25, 0.3) is 5.91 Å². The molecule has 2 aromatic rings. The van der Waals surface area contributed by atoms with Gasteiger partial charge in [0.1, 0.15) is 11.6 Å². The molecule has 1 atom stereocenters. The maximum absolute atomic E-state index is 13.0. The summed E-state index contributed by atoms with van der Waals surface area (Å²) in [6.07, 6.45) is 0. The van der Waals surface area contributed by atoms with E-state index in [1.165, 1.54) is 12.1 Å². The van der Waals surface area contributed by atoms with E-state index < -0.39 is 5.97 Å². The summed E-state index contributed by atoms with van der Waals surface area (Å²) in [5.41, 5.74) is 1.26. The van der Waals surface area contributed by atoms with Crippen molar-refractivity contribution < 1.29 is 23.5 Å². The summed E-state index contributed by atoms with van der Waals surface area (Å²) < 4.78 is 23.4. The first kappa shape index (κ1) is 19.4. The molecule has 138 valence electrons. The molecule has 0 bridgehead atoms. The quantitative estimate of drug-likeness (QED) is 0.709. The lowest BCUT2D eigenvalue weighted by molar-refractivity contribution is -0.134. The second-order valence-corrected chi connectivity index (χ2v) is 5.77. The molecule has 0 heterocycles. The lowest BCUT2D eigenvalue weighted by atomic mass is 10.1. The number of ether oxygens (including phenoxy) is 2. The molecule has 1 amide bonds. The van der Waals surface area contributed by atoms with Crippen molar-refractivity contribution in [2.75, 3.05) is 20.3 Å². The Hall–Kier alpha value is -2.89. The van der Waals surface area contributed by atoms with Crippen molar-refractivity contribution in [2.24, 2.45) is 0 Å². The number of carbonyl (C=O) groups excluding carboxylic acids is 2. The van der Waals surface area contributed by atoms with Crippen LogP contribution in [0, 0.1) is 5.82 Å². The Morgan fingerprint density at radius 1 is 1.08 bits per heavy atom. The molecule has 0 radical (unpaired) electrons. The van der Waals surface area contributed by atoms with Crippen molar-refractivity contribution >= 4 is 11.9 Å². The Balaban J connectivity index is 1.91. The minimum Gasteiger partial charge on any atom is -0.484 e. The first-order valence-electron chi connectivity index (χ1n) is 8.33. The van der Waals surface area contributed by atoms with Crippen LogP contribution in [0.5, 0.6) is 5.75 Å². The van der Waals surface area contributed by atoms with Crippen LogP contribution in [-0.4, -0.2) is 37.0 Å². The monoisotopic (exact) mass is 359 g/mol. The fourth-order valence-electron chi connectivity index (χ4n) is 2.33. The number of benzene rings is 2. The zero-order valence-corrected chi connectivity index (χ0v) is 15.1. The molecule has 0 saturated heterocycles. The maximum atomic E-state index is 13.0. The summed E-state index contributed by atoms with van der Waals surface area (Å²) in [5.74, 6) is -0.446. The molecule has 1 unspecified atom stereocenters. The smallest absolute Gasteiger partial charge is 0.338 e. The summed E-state index contributed by atoms with van der Waals surface area (Å²) in [6, 6.07) is 12.2. The highest BCUT2D eigenvalue weighted by Gasteiger charge is 2.18. The van der Waals surface area contributed by atoms with E-state index in [4.69, 9.17) is 9.47 Å². The molecular weight excluding hydrogens is 337 g/mol. The number of esters is 1. The van der Waals surface area contributed by atoms with Gasteiger partial charge in [-0.2, -0.15) is 0 Å². The number of rotatable bonds is 7. The minimum atomic E-state index is -0.400. The normalized spacial score (nSPS) is 11.5. The number of amides is 1. The van der Waals surface area contributed by atoms with Crippen LogP contribution in [0.4, 0.5) is 4.39 Å². The highest BCUT2D eigenvalue weighted by atomic mass is 19.1. The van der Waals surface area contributed by atoms with Crippen LogP contribution >= 0.6 is 0 Å². The van der Waals surface area contributed by atoms with Crippen molar-refractivity contribution in [2.45, 2.75) is 19.9 Å². The van der Waals surface area contributed by atoms with Gasteiger partial charge in [0, 0.05) is 7.05 Å². The van der Waals surface area contributed by atoms with Crippen LogP contribution in [0.25, 0.3) is 0 Å². The number of nitrogens with zero attached hydrogens (tertiary/aromatic N) is 1. The number of hydrogen-bond donors (Lipinski definition) is 0. The van der Waals surface area contributed by atoms with Gasteiger partial charge < -0.3 is 14.4 Å². The number of hydrogen-bond acceptors (Lipinski definition) is 4. The van der Waals surface area contributed by atoms with Gasteiger partial charge in [-0.1, -0.05) is 12.1 Å². The fourth-order valence-corrected chi connectivity index (χ4v) is 2.33. The first-order valence-corrected chi connectivity index (χ1v) is 8.33. The molecular formula is C20H22FNO4. The predicted octanol–water partition coefficient (Wildman–Crippen LogP) is 3.60. The van der Waals surface area contributed by atoms with E-state index in [2.05, 4.69) is 0 Å². The van der Waals surface area contributed by atoms with E-state index in [-0.39, 0.29) is 24.4 Å². The van der Waals surface area contributed by atoms with Crippen LogP contribution in [0.3, 0.4) is 0 Å². The van der Waals surface area contributed by atoms with Crippen molar-refractivity contribution in [1.29, 1.82) is 0 Å². The molecule has 2 rings (SSSR count). The third-order valence-corrected chi connectivity index (χ3v) is 4.05. The van der Waals surface area contributed by atoms with E-state index in [1.54, 1.807) is 55.3 Å². The maximum Gasteiger partial charge on any atom is 0.338 e. The molecule has 0 aliphatic rings. The Bertz CT molecular complexity index is 743. The molecule has 0 fully saturated rings. The van der Waals surface area contributed by atoms with E-state index in [0.29, 0.717) is 17.9 Å². The highest BCUT2D eigenvalue weighted by Crippen LogP contribution is 2.19. The molecule has 26 heavy (non-hydrogen) atoms. The van der Waals surface area contributed by atoms with Crippen LogP contribution in [0.1, 0.15) is 35.8 Å². The zero-order valence-electron chi connectivity index (χ0n) is 15.1. The second kappa shape index (κ2) is 8.99. The van der Waals surface area contributed by atoms with Crippen LogP contribution in [0.2, 0.25) is 0 Å². The van der Waals surface area contributed by atoms with Crippen molar-refractivity contribution in [1.82, 2.24) is 4.90 Å². The van der Waals surface area contributed by atoms with Gasteiger partial charge in [0.05, 0.1) is 18.2 Å². The van der Waals surface area contributed by atoms with Gasteiger partial charge in [0.2, 0.25) is 0 Å². The number of carbonyl (C=O) groups is 2. The third kappa shape index (κ3) is 5.05. The van der Waals surface area contributed by atoms with Crippen molar-refractivity contribution in [3.8, 4) is 5.75 Å². The van der Waals surface area contributed by atoms with Gasteiger partial charge >= 0.3 is 5.97 Å². The van der Waals surface area contributed by atoms with E-state index in [0.717, 1.165) is 5.56 Å². The lowest BCUT2D eigenvalue weighted by Gasteiger charge is -2.25. The van der Waals surface area contributed by atoms with Crippen molar-refractivity contribution in [3.05, 3.63) is 65.5 Å². The van der Waals surface area contributed by atoms with E-state index in [9.17, 15) is 14.0 Å². The summed E-state index contributed by atoms with van der Waals surface area (Å²) >= 11 is 0. The third-order valence-electron chi connectivity index (χ3n) is 4.05. The summed E-state index contributed by atoms with van der Waals surface area (Å²) in [4.78, 5) is 25.4. The Morgan fingerprint density at radius 2 is 1.69 bits per heavy atom. The average molecular weight is 359 g/mol. The Kier molecular flexibility index (Phi) is 6.72. The predicted molar refractivity (Wildman–Crippen MR) is 95.5 cm³/mol. The second-order valence-electron chi connectivity index (χ2n) is 5.77. The van der Waals surface area contributed by atoms with Crippen LogP contribution < -0.4 is 4.74 Å². The molecule has 0 spiro atoms. The minimum absolute atomic E-state index is 0.138. The van der Waals surface area contributed by atoms with Gasteiger partial charge in [0.15, 0.2) is 6.61 Å². The average Bonchev–Trinajstić information content (AvgIpc) is 2.66. The summed E-state index contributed by atoms with van der Waals surface area (Å²) in [6.45, 7) is 3.77. The molecule has 0 aliphatic carbocycles. The van der Waals surface area contributed by atoms with Gasteiger partial charge in [-0.3, -0.25) is 4.79 Å². The largest absolute Gasteiger partial charge is 0.484 e. The standard InChI is InChI=1S/C20H22FNO4/c1-4-25-20(24)16-7-11-18(12-8-16)26-13-19(23)22(3)14(2)15-5-9-17(21)10-6-15/h5-12,14H,4,13H2,1-3H3. The SMILES string of the molecule is CCOC(=O)c1ccc(OCC(=O)N(C)C(C)c2ccc(F)cc2)cc1. The van der Waals surface area contributed by atoms with E-state index in [1.807, 2.05) is 6.92 Å². The molecule has 0 aromatic heterocycles. The zero-order chi connectivity index (χ0) is 19.1. The molecule has 6 heteroatoms. The van der Waals surface area contributed by atoms with E-state index >= 15 is 0 Å². The fraction of sp³-hybridized carbons (Fsp3) is 0.300. The van der Waals surface area contributed by atoms with Gasteiger partial charge in [-0.25, -0.2) is 9.18 Å². The number of halogens is 1. The van der Waals surface area contributed by atoms with Crippen LogP contribution in [0.15, 0.2) is 48.5 Å². The molecule has 5 nitrogen and oxygen atoms in total. The summed E-state index contributed by atoms with van der Waals surface area (Å²) in [5, 5.41) is 0. The highest BCUT2D eigenvalue weighted by molar-refractivity contribution is 5.89. The van der Waals surface area contributed by atoms with Crippen molar-refractivity contribution in [3.63, 3.8) is 0 Å². The molecule has 2 aromatic carbocycles. The number of likely N-dealkylation sites (N-methyl/N-ethyl adjacent to an activating group) is 1. The molecule has 0 aliphatic heterocycles. The Morgan fingerprint density at radius 3 is 2.27 bits per heavy atom. The summed E-state index contributed by atoms with van der Waals surface area (Å²) in [7, 11) is 1.67. The van der Waals surface area contributed by atoms with Crippen LogP contribution in [-0.2, 0) is 9.53 Å². The van der Waals surface area contributed by atoms with Gasteiger partial charge in [-0.15, -0.1) is 0 Å². The lowest BCUT2D eigenvalue weighted by Crippen LogP contribution is -2.33. The Labute approximate surface area is 152 Å². The van der Waals surface area contributed by atoms with Gasteiger partial charge in [-0.05, 0) is 55.8 Å². The topological polar surface area (TPSA) is 55.8 Å². The molecule has 0 N–H and O–H groups in total. The first-order chi connectivity index (χ1) is 12.4.